The third kappa shape index (κ3) is 5.68. The van der Waals surface area contributed by atoms with Crippen LogP contribution in [0.25, 0.3) is 0 Å². The minimum absolute atomic E-state index is 0.548. The topological polar surface area (TPSA) is 53.6 Å². The van der Waals surface area contributed by atoms with Crippen LogP contribution in [0.1, 0.15) is 50.2 Å². The van der Waals surface area contributed by atoms with E-state index in [-0.39, 0.29) is 0 Å². The monoisotopic (exact) mass is 302 g/mol. The molecule has 122 valence electrons. The summed E-state index contributed by atoms with van der Waals surface area (Å²) < 4.78 is 0. The first-order chi connectivity index (χ1) is 10.8. The Labute approximate surface area is 134 Å². The van der Waals surface area contributed by atoms with Crippen LogP contribution in [-0.4, -0.2) is 30.5 Å². The van der Waals surface area contributed by atoms with Crippen LogP contribution in [0, 0.1) is 0 Å². The lowest BCUT2D eigenvalue weighted by Crippen LogP contribution is -2.32. The number of nitrogens with zero attached hydrogens (tertiary/aromatic N) is 2. The van der Waals surface area contributed by atoms with Crippen LogP contribution in [0.2, 0.25) is 0 Å². The highest BCUT2D eigenvalue weighted by Gasteiger charge is 2.11. The Morgan fingerprint density at radius 2 is 1.82 bits per heavy atom. The maximum Gasteiger partial charge on any atom is 0.188 e. The number of nitrogens with two attached hydrogens (primary N) is 1. The standard InChI is InChI=1S/C18H30N4/c1-2-11-20-18(19)21-14-16-9-5-6-10-17(16)15-22-12-7-3-4-8-13-22/h5-6,9-10H,2-4,7-8,11-15H2,1H3,(H3,19,20,21). The van der Waals surface area contributed by atoms with Gasteiger partial charge in [0.1, 0.15) is 0 Å². The summed E-state index contributed by atoms with van der Waals surface area (Å²) in [6, 6.07) is 8.61. The van der Waals surface area contributed by atoms with E-state index in [0.717, 1.165) is 19.5 Å². The molecule has 3 N–H and O–H groups in total. The normalized spacial score (nSPS) is 17.2. The second-order valence-corrected chi connectivity index (χ2v) is 6.09. The van der Waals surface area contributed by atoms with Crippen LogP contribution in [0.4, 0.5) is 0 Å². The lowest BCUT2D eigenvalue weighted by atomic mass is 10.1. The summed E-state index contributed by atoms with van der Waals surface area (Å²) >= 11 is 0. The first-order valence-electron chi connectivity index (χ1n) is 8.62. The summed E-state index contributed by atoms with van der Waals surface area (Å²) in [6.07, 6.45) is 6.47. The fourth-order valence-electron chi connectivity index (χ4n) is 2.88. The second-order valence-electron chi connectivity index (χ2n) is 6.09. The molecule has 0 amide bonds. The summed E-state index contributed by atoms with van der Waals surface area (Å²) in [5.74, 6) is 0.548. The Bertz CT molecular complexity index is 462. The first kappa shape index (κ1) is 16.8. The molecule has 4 heteroatoms. The predicted octanol–water partition coefficient (Wildman–Crippen LogP) is 2.88. The number of nitrogens with one attached hydrogen (secondary N) is 1. The number of likely N-dealkylation sites (tertiary alicyclic amines) is 1. The zero-order valence-electron chi connectivity index (χ0n) is 13.9. The Hall–Kier alpha value is -1.55. The molecule has 0 radical (unpaired) electrons. The fourth-order valence-corrected chi connectivity index (χ4v) is 2.88. The van der Waals surface area contributed by atoms with Gasteiger partial charge in [-0.25, -0.2) is 4.99 Å². The molecule has 0 unspecified atom stereocenters. The van der Waals surface area contributed by atoms with Crippen molar-refractivity contribution in [3.63, 3.8) is 0 Å². The average Bonchev–Trinajstić information content (AvgIpc) is 2.81. The number of aliphatic imine (C=N–C) groups is 1. The molecule has 1 aromatic carbocycles. The van der Waals surface area contributed by atoms with Crippen LogP contribution in [0.5, 0.6) is 0 Å². The molecule has 0 saturated carbocycles. The van der Waals surface area contributed by atoms with Gasteiger partial charge in [0.25, 0.3) is 0 Å². The molecule has 0 aliphatic carbocycles. The van der Waals surface area contributed by atoms with Gasteiger partial charge in [0, 0.05) is 13.1 Å². The van der Waals surface area contributed by atoms with Crippen LogP contribution in [0.15, 0.2) is 29.3 Å². The first-order valence-corrected chi connectivity index (χ1v) is 8.62. The van der Waals surface area contributed by atoms with E-state index in [2.05, 4.69) is 46.4 Å². The SMILES string of the molecule is CCCNC(N)=NCc1ccccc1CN1CCCCCC1. The van der Waals surface area contributed by atoms with E-state index in [9.17, 15) is 0 Å². The van der Waals surface area contributed by atoms with Gasteiger partial charge in [-0.1, -0.05) is 44.0 Å². The molecule has 2 rings (SSSR count). The van der Waals surface area contributed by atoms with Gasteiger partial charge in [-0.3, -0.25) is 4.90 Å². The summed E-state index contributed by atoms with van der Waals surface area (Å²) in [5, 5.41) is 3.13. The summed E-state index contributed by atoms with van der Waals surface area (Å²) in [6.45, 7) is 7.14. The van der Waals surface area contributed by atoms with Gasteiger partial charge in [0.2, 0.25) is 0 Å². The quantitative estimate of drug-likeness (QED) is 0.627. The molecule has 0 aromatic heterocycles. The van der Waals surface area contributed by atoms with E-state index in [1.54, 1.807) is 0 Å². The zero-order chi connectivity index (χ0) is 15.6. The molecule has 1 aliphatic heterocycles. The van der Waals surface area contributed by atoms with Crippen molar-refractivity contribution in [2.75, 3.05) is 19.6 Å². The number of benzene rings is 1. The fraction of sp³-hybridized carbons (Fsp3) is 0.611. The molecule has 22 heavy (non-hydrogen) atoms. The highest BCUT2D eigenvalue weighted by molar-refractivity contribution is 5.77. The molecule has 1 saturated heterocycles. The number of hydrogen-bond acceptors (Lipinski definition) is 2. The summed E-state index contributed by atoms with van der Waals surface area (Å²) in [5.41, 5.74) is 8.56. The van der Waals surface area contributed by atoms with Crippen LogP contribution in [-0.2, 0) is 13.1 Å². The van der Waals surface area contributed by atoms with Crippen LogP contribution >= 0.6 is 0 Å². The molecule has 1 fully saturated rings. The van der Waals surface area contributed by atoms with E-state index in [1.165, 1.54) is 49.9 Å². The van der Waals surface area contributed by atoms with Gasteiger partial charge in [0.05, 0.1) is 6.54 Å². The van der Waals surface area contributed by atoms with Crippen molar-refractivity contribution in [2.24, 2.45) is 10.7 Å². The third-order valence-electron chi connectivity index (χ3n) is 4.19. The predicted molar refractivity (Wildman–Crippen MR) is 93.8 cm³/mol. The molecular formula is C18H30N4. The average molecular weight is 302 g/mol. The van der Waals surface area contributed by atoms with Crippen molar-refractivity contribution < 1.29 is 0 Å². The molecule has 0 bridgehead atoms. The lowest BCUT2D eigenvalue weighted by molar-refractivity contribution is 0.276. The molecule has 1 heterocycles. The van der Waals surface area contributed by atoms with E-state index in [0.29, 0.717) is 12.5 Å². The van der Waals surface area contributed by atoms with E-state index in [1.807, 2.05) is 0 Å². The highest BCUT2D eigenvalue weighted by atomic mass is 15.1. The van der Waals surface area contributed by atoms with Crippen molar-refractivity contribution in [3.8, 4) is 0 Å². The maximum absolute atomic E-state index is 5.89. The third-order valence-corrected chi connectivity index (χ3v) is 4.19. The molecule has 0 atom stereocenters. The smallest absolute Gasteiger partial charge is 0.188 e. The van der Waals surface area contributed by atoms with Crippen molar-refractivity contribution in [3.05, 3.63) is 35.4 Å². The Balaban J connectivity index is 1.96. The van der Waals surface area contributed by atoms with Crippen molar-refractivity contribution >= 4 is 5.96 Å². The lowest BCUT2D eigenvalue weighted by Gasteiger charge is -2.21. The van der Waals surface area contributed by atoms with Gasteiger partial charge in [-0.05, 0) is 43.5 Å². The highest BCUT2D eigenvalue weighted by Crippen LogP contribution is 2.16. The number of rotatable bonds is 6. The Morgan fingerprint density at radius 1 is 1.14 bits per heavy atom. The Kier molecular flexibility index (Phi) is 7.23. The van der Waals surface area contributed by atoms with Crippen molar-refractivity contribution in [1.29, 1.82) is 0 Å². The van der Waals surface area contributed by atoms with Gasteiger partial charge in [-0.2, -0.15) is 0 Å². The zero-order valence-corrected chi connectivity index (χ0v) is 13.9. The molecular weight excluding hydrogens is 272 g/mol. The minimum Gasteiger partial charge on any atom is -0.370 e. The van der Waals surface area contributed by atoms with E-state index in [4.69, 9.17) is 5.73 Å². The van der Waals surface area contributed by atoms with Crippen molar-refractivity contribution in [1.82, 2.24) is 10.2 Å². The van der Waals surface area contributed by atoms with Crippen LogP contribution < -0.4 is 11.1 Å². The number of guanidine groups is 1. The van der Waals surface area contributed by atoms with E-state index < -0.39 is 0 Å². The summed E-state index contributed by atoms with van der Waals surface area (Å²) in [7, 11) is 0. The van der Waals surface area contributed by atoms with Gasteiger partial charge >= 0.3 is 0 Å². The van der Waals surface area contributed by atoms with E-state index >= 15 is 0 Å². The van der Waals surface area contributed by atoms with Gasteiger partial charge in [-0.15, -0.1) is 0 Å². The second kappa shape index (κ2) is 9.46. The molecule has 4 nitrogen and oxygen atoms in total. The summed E-state index contributed by atoms with van der Waals surface area (Å²) in [4.78, 5) is 7.05. The molecule has 1 aromatic rings. The van der Waals surface area contributed by atoms with Crippen molar-refractivity contribution in [2.45, 2.75) is 52.1 Å². The Morgan fingerprint density at radius 3 is 2.50 bits per heavy atom. The van der Waals surface area contributed by atoms with Gasteiger partial charge in [0.15, 0.2) is 5.96 Å². The van der Waals surface area contributed by atoms with Crippen LogP contribution in [0.3, 0.4) is 0 Å². The minimum atomic E-state index is 0.548. The largest absolute Gasteiger partial charge is 0.370 e. The molecule has 1 aliphatic rings. The maximum atomic E-state index is 5.89. The molecule has 0 spiro atoms. The van der Waals surface area contributed by atoms with Gasteiger partial charge < -0.3 is 11.1 Å². The number of hydrogen-bond donors (Lipinski definition) is 2.